The lowest BCUT2D eigenvalue weighted by atomic mass is 9.91. The first-order valence-electron chi connectivity index (χ1n) is 7.15. The second kappa shape index (κ2) is 6.19. The van der Waals surface area contributed by atoms with Gasteiger partial charge in [0.05, 0.1) is 15.4 Å². The normalized spacial score (nSPS) is 21.0. The van der Waals surface area contributed by atoms with Crippen LogP contribution >= 0.6 is 0 Å². The van der Waals surface area contributed by atoms with Crippen LogP contribution in [0.3, 0.4) is 0 Å². The van der Waals surface area contributed by atoms with E-state index in [2.05, 4.69) is 0 Å². The molecule has 9 heteroatoms. The van der Waals surface area contributed by atoms with E-state index in [1.54, 1.807) is 4.90 Å². The zero-order valence-electron chi connectivity index (χ0n) is 12.8. The Balaban J connectivity index is 2.66. The third-order valence-corrected chi connectivity index (χ3v) is 3.90. The number of carboxylic acid groups (broad SMARTS) is 1. The maximum Gasteiger partial charge on any atom is 0.336 e. The quantitative estimate of drug-likeness (QED) is 0.666. The van der Waals surface area contributed by atoms with E-state index in [0.29, 0.717) is 13.1 Å². The predicted molar refractivity (Wildman–Crippen MR) is 81.9 cm³/mol. The maximum atomic E-state index is 11.3. The van der Waals surface area contributed by atoms with Crippen molar-refractivity contribution in [1.82, 2.24) is 0 Å². The highest BCUT2D eigenvalue weighted by molar-refractivity contribution is 5.92. The molecule has 1 aromatic carbocycles. The smallest absolute Gasteiger partial charge is 0.336 e. The van der Waals surface area contributed by atoms with Crippen LogP contribution in [0, 0.1) is 32.1 Å². The van der Waals surface area contributed by atoms with Crippen molar-refractivity contribution in [2.75, 3.05) is 18.0 Å². The number of carbonyl (C=O) groups is 1. The molecule has 1 N–H and O–H groups in total. The topological polar surface area (TPSA) is 127 Å². The van der Waals surface area contributed by atoms with Crippen molar-refractivity contribution in [1.29, 1.82) is 0 Å². The lowest BCUT2D eigenvalue weighted by molar-refractivity contribution is -0.392. The van der Waals surface area contributed by atoms with E-state index in [1.165, 1.54) is 0 Å². The summed E-state index contributed by atoms with van der Waals surface area (Å²) in [4.78, 5) is 33.9. The Morgan fingerprint density at radius 2 is 1.57 bits per heavy atom. The van der Waals surface area contributed by atoms with Crippen LogP contribution in [0.15, 0.2) is 12.1 Å². The molecule has 9 nitrogen and oxygen atoms in total. The molecule has 0 bridgehead atoms. The summed E-state index contributed by atoms with van der Waals surface area (Å²) < 4.78 is 0. The molecule has 0 spiro atoms. The molecule has 1 aromatic rings. The third kappa shape index (κ3) is 3.38. The highest BCUT2D eigenvalue weighted by Gasteiger charge is 2.35. The number of nitrogens with zero attached hydrogens (tertiary/aromatic N) is 3. The van der Waals surface area contributed by atoms with Gasteiger partial charge in [0, 0.05) is 25.2 Å². The molecule has 2 unspecified atom stereocenters. The van der Waals surface area contributed by atoms with Crippen molar-refractivity contribution in [2.24, 2.45) is 11.8 Å². The number of carboxylic acids is 1. The molecule has 0 aromatic heterocycles. The van der Waals surface area contributed by atoms with Gasteiger partial charge in [-0.05, 0) is 18.3 Å². The molecule has 2 rings (SSSR count). The van der Waals surface area contributed by atoms with Gasteiger partial charge in [-0.25, -0.2) is 4.79 Å². The average Bonchev–Trinajstić information content (AvgIpc) is 2.44. The highest BCUT2D eigenvalue weighted by atomic mass is 16.6. The number of anilines is 1. The molecule has 0 radical (unpaired) electrons. The van der Waals surface area contributed by atoms with Gasteiger partial charge in [-0.3, -0.25) is 20.2 Å². The van der Waals surface area contributed by atoms with Crippen molar-refractivity contribution < 1.29 is 19.7 Å². The second-order valence-electron chi connectivity index (χ2n) is 6.03. The average molecular weight is 323 g/mol. The molecule has 23 heavy (non-hydrogen) atoms. The Morgan fingerprint density at radius 3 is 1.91 bits per heavy atom. The van der Waals surface area contributed by atoms with Crippen LogP contribution in [0.25, 0.3) is 0 Å². The van der Waals surface area contributed by atoms with Crippen LogP contribution in [-0.2, 0) is 0 Å². The number of nitro groups is 2. The van der Waals surface area contributed by atoms with Crippen molar-refractivity contribution in [3.05, 3.63) is 37.9 Å². The van der Waals surface area contributed by atoms with Crippen molar-refractivity contribution >= 4 is 23.0 Å². The summed E-state index contributed by atoms with van der Waals surface area (Å²) >= 11 is 0. The second-order valence-corrected chi connectivity index (χ2v) is 6.03. The lowest BCUT2D eigenvalue weighted by Crippen LogP contribution is -2.39. The molecule has 1 saturated heterocycles. The van der Waals surface area contributed by atoms with Crippen LogP contribution in [0.1, 0.15) is 30.6 Å². The Kier molecular flexibility index (Phi) is 4.48. The monoisotopic (exact) mass is 323 g/mol. The molecule has 0 amide bonds. The Labute approximate surface area is 131 Å². The van der Waals surface area contributed by atoms with Gasteiger partial charge in [0.1, 0.15) is 0 Å². The fraction of sp³-hybridized carbons (Fsp3) is 0.500. The van der Waals surface area contributed by atoms with Crippen LogP contribution in [0.5, 0.6) is 0 Å². The maximum absolute atomic E-state index is 11.3. The summed E-state index contributed by atoms with van der Waals surface area (Å²) in [6.45, 7) is 4.87. The van der Waals surface area contributed by atoms with Crippen molar-refractivity contribution in [3.8, 4) is 0 Å². The molecule has 124 valence electrons. The van der Waals surface area contributed by atoms with Gasteiger partial charge in [0.15, 0.2) is 5.69 Å². The molecular weight excluding hydrogens is 306 g/mol. The van der Waals surface area contributed by atoms with Gasteiger partial charge < -0.3 is 10.0 Å². The van der Waals surface area contributed by atoms with Gasteiger partial charge in [-0.2, -0.15) is 0 Å². The third-order valence-electron chi connectivity index (χ3n) is 3.90. The zero-order chi connectivity index (χ0) is 17.3. The number of aromatic carboxylic acids is 1. The molecule has 0 saturated carbocycles. The minimum Gasteiger partial charge on any atom is -0.478 e. The van der Waals surface area contributed by atoms with Crippen LogP contribution in [0.4, 0.5) is 17.1 Å². The number of rotatable bonds is 4. The SMILES string of the molecule is CC1CC(C)CN(c2c([N+](=O)[O-])cc(C(=O)O)cc2[N+](=O)[O-])C1. The number of hydrogen-bond acceptors (Lipinski definition) is 6. The Hall–Kier alpha value is -2.71. The summed E-state index contributed by atoms with van der Waals surface area (Å²) in [5, 5.41) is 31.7. The standard InChI is InChI=1S/C14H17N3O6/c1-8-3-9(2)7-15(6-8)13-11(16(20)21)4-10(14(18)19)5-12(13)17(22)23/h4-5,8-9H,3,6-7H2,1-2H3,(H,18,19). The molecular formula is C14H17N3O6. The largest absolute Gasteiger partial charge is 0.478 e. The van der Waals surface area contributed by atoms with Gasteiger partial charge >= 0.3 is 17.3 Å². The first kappa shape index (κ1) is 16.7. The summed E-state index contributed by atoms with van der Waals surface area (Å²) in [5.74, 6) is -0.975. The van der Waals surface area contributed by atoms with E-state index in [-0.39, 0.29) is 17.5 Å². The zero-order valence-corrected chi connectivity index (χ0v) is 12.8. The van der Waals surface area contributed by atoms with Crippen LogP contribution < -0.4 is 4.90 Å². The molecule has 0 aliphatic carbocycles. The minimum absolute atomic E-state index is 0.108. The molecule has 2 atom stereocenters. The first-order chi connectivity index (χ1) is 10.7. The van der Waals surface area contributed by atoms with E-state index in [0.717, 1.165) is 18.6 Å². The van der Waals surface area contributed by atoms with Gasteiger partial charge in [0.2, 0.25) is 0 Å². The lowest BCUT2D eigenvalue weighted by Gasteiger charge is -2.35. The summed E-state index contributed by atoms with van der Waals surface area (Å²) in [6, 6.07) is 1.77. The fourth-order valence-corrected chi connectivity index (χ4v) is 3.18. The minimum atomic E-state index is -1.44. The van der Waals surface area contributed by atoms with Gasteiger partial charge in [-0.15, -0.1) is 0 Å². The summed E-state index contributed by atoms with van der Waals surface area (Å²) in [6.07, 6.45) is 0.936. The molecule has 1 aliphatic heterocycles. The Morgan fingerprint density at radius 1 is 1.13 bits per heavy atom. The molecule has 1 heterocycles. The highest BCUT2D eigenvalue weighted by Crippen LogP contribution is 2.41. The molecule has 1 fully saturated rings. The number of hydrogen-bond donors (Lipinski definition) is 1. The van der Waals surface area contributed by atoms with Gasteiger partial charge in [-0.1, -0.05) is 13.8 Å². The number of piperidine rings is 1. The van der Waals surface area contributed by atoms with Crippen molar-refractivity contribution in [3.63, 3.8) is 0 Å². The number of benzene rings is 1. The first-order valence-corrected chi connectivity index (χ1v) is 7.15. The molecule has 1 aliphatic rings. The van der Waals surface area contributed by atoms with E-state index in [1.807, 2.05) is 13.8 Å². The van der Waals surface area contributed by atoms with E-state index >= 15 is 0 Å². The summed E-state index contributed by atoms with van der Waals surface area (Å²) in [7, 11) is 0. The fourth-order valence-electron chi connectivity index (χ4n) is 3.18. The number of nitro benzene ring substituents is 2. The van der Waals surface area contributed by atoms with Crippen molar-refractivity contribution in [2.45, 2.75) is 20.3 Å². The van der Waals surface area contributed by atoms with E-state index < -0.39 is 32.8 Å². The van der Waals surface area contributed by atoms with E-state index in [9.17, 15) is 25.0 Å². The van der Waals surface area contributed by atoms with Crippen LogP contribution in [-0.4, -0.2) is 34.0 Å². The van der Waals surface area contributed by atoms with Gasteiger partial charge in [0.25, 0.3) is 0 Å². The Bertz CT molecular complexity index is 629. The van der Waals surface area contributed by atoms with E-state index in [4.69, 9.17) is 5.11 Å². The predicted octanol–water partition coefficient (Wildman–Crippen LogP) is 2.68. The van der Waals surface area contributed by atoms with Crippen LogP contribution in [0.2, 0.25) is 0 Å². The summed E-state index contributed by atoms with van der Waals surface area (Å²) in [5.41, 5.74) is -1.66.